The minimum absolute atomic E-state index is 0.165. The molecule has 6 heteroatoms. The van der Waals surface area contributed by atoms with Gasteiger partial charge in [0.2, 0.25) is 0 Å². The van der Waals surface area contributed by atoms with E-state index in [4.69, 9.17) is 9.47 Å². The summed E-state index contributed by atoms with van der Waals surface area (Å²) in [7, 11) is 0. The van der Waals surface area contributed by atoms with Crippen LogP contribution in [0.15, 0.2) is 66.7 Å². The Morgan fingerprint density at radius 1 is 0.917 bits per heavy atom. The molecule has 0 aromatic heterocycles. The van der Waals surface area contributed by atoms with Crippen LogP contribution in [0.25, 0.3) is 11.3 Å². The van der Waals surface area contributed by atoms with Crippen LogP contribution in [-0.4, -0.2) is 25.7 Å². The molecule has 3 aromatic carbocycles. The number of anilines is 2. The number of ether oxygens (including phenoxy) is 2. The van der Waals surface area contributed by atoms with E-state index in [2.05, 4.69) is 41.9 Å². The first-order valence-electron chi connectivity index (χ1n) is 12.6. The molecule has 0 bridgehead atoms. The first-order valence-corrected chi connectivity index (χ1v) is 12.6. The zero-order valence-corrected chi connectivity index (χ0v) is 21.5. The SMILES string of the molecule is CCOc1cc2c(cc1OCC)C(=C(Nc1ccc(CNCC(C)C)cc1)c1ccccc1)C(=O)N2. The minimum Gasteiger partial charge on any atom is -0.490 e. The van der Waals surface area contributed by atoms with Crippen molar-refractivity contribution in [1.82, 2.24) is 5.32 Å². The van der Waals surface area contributed by atoms with Crippen molar-refractivity contribution < 1.29 is 14.3 Å². The van der Waals surface area contributed by atoms with Gasteiger partial charge in [0.15, 0.2) is 11.5 Å². The van der Waals surface area contributed by atoms with Crippen molar-refractivity contribution >= 4 is 28.6 Å². The predicted octanol–water partition coefficient (Wildman–Crippen LogP) is 6.16. The molecule has 1 aliphatic heterocycles. The molecule has 0 saturated heterocycles. The summed E-state index contributed by atoms with van der Waals surface area (Å²) < 4.78 is 11.6. The highest BCUT2D eigenvalue weighted by Crippen LogP contribution is 2.43. The van der Waals surface area contributed by atoms with Crippen molar-refractivity contribution in [3.8, 4) is 11.5 Å². The van der Waals surface area contributed by atoms with E-state index in [-0.39, 0.29) is 5.91 Å². The molecule has 0 aliphatic carbocycles. The van der Waals surface area contributed by atoms with Gasteiger partial charge in [0.05, 0.1) is 30.2 Å². The molecule has 3 aromatic rings. The maximum absolute atomic E-state index is 13.3. The lowest BCUT2D eigenvalue weighted by Crippen LogP contribution is -2.18. The van der Waals surface area contributed by atoms with E-state index in [1.165, 1.54) is 5.56 Å². The number of carbonyl (C=O) groups excluding carboxylic acids is 1. The monoisotopic (exact) mass is 485 g/mol. The number of hydrogen-bond acceptors (Lipinski definition) is 5. The average molecular weight is 486 g/mol. The summed E-state index contributed by atoms with van der Waals surface area (Å²) in [6.07, 6.45) is 0. The number of nitrogens with one attached hydrogen (secondary N) is 3. The fourth-order valence-electron chi connectivity index (χ4n) is 4.20. The normalized spacial score (nSPS) is 13.9. The zero-order chi connectivity index (χ0) is 25.5. The van der Waals surface area contributed by atoms with Crippen molar-refractivity contribution in [2.24, 2.45) is 5.92 Å². The van der Waals surface area contributed by atoms with Crippen LogP contribution in [0.4, 0.5) is 11.4 Å². The third kappa shape index (κ3) is 5.89. The molecular weight excluding hydrogens is 450 g/mol. The van der Waals surface area contributed by atoms with Crippen LogP contribution in [0.2, 0.25) is 0 Å². The molecular formula is C30H35N3O3. The lowest BCUT2D eigenvalue weighted by Gasteiger charge is -2.16. The van der Waals surface area contributed by atoms with Gasteiger partial charge in [0.1, 0.15) is 0 Å². The minimum atomic E-state index is -0.165. The van der Waals surface area contributed by atoms with E-state index in [0.717, 1.165) is 35.6 Å². The highest BCUT2D eigenvalue weighted by molar-refractivity contribution is 6.37. The van der Waals surface area contributed by atoms with Gasteiger partial charge in [0, 0.05) is 23.9 Å². The number of amides is 1. The Bertz CT molecular complexity index is 1220. The summed E-state index contributed by atoms with van der Waals surface area (Å²) in [5, 5.41) is 10.0. The first kappa shape index (κ1) is 25.3. The van der Waals surface area contributed by atoms with Crippen molar-refractivity contribution in [2.75, 3.05) is 30.4 Å². The lowest BCUT2D eigenvalue weighted by atomic mass is 9.99. The molecule has 36 heavy (non-hydrogen) atoms. The molecule has 1 heterocycles. The van der Waals surface area contributed by atoms with Gasteiger partial charge in [-0.2, -0.15) is 0 Å². The Kier molecular flexibility index (Phi) is 8.28. The maximum atomic E-state index is 13.3. The van der Waals surface area contributed by atoms with Crippen LogP contribution < -0.4 is 25.4 Å². The molecule has 0 atom stereocenters. The summed E-state index contributed by atoms with van der Waals surface area (Å²) in [5.41, 5.74) is 5.85. The summed E-state index contributed by atoms with van der Waals surface area (Å²) in [6.45, 7) is 11.1. The molecule has 0 spiro atoms. The molecule has 1 aliphatic rings. The summed E-state index contributed by atoms with van der Waals surface area (Å²) in [4.78, 5) is 13.3. The van der Waals surface area contributed by atoms with Gasteiger partial charge in [-0.1, -0.05) is 56.3 Å². The number of benzene rings is 3. The van der Waals surface area contributed by atoms with Crippen molar-refractivity contribution in [1.29, 1.82) is 0 Å². The van der Waals surface area contributed by atoms with Crippen LogP contribution >= 0.6 is 0 Å². The van der Waals surface area contributed by atoms with Crippen molar-refractivity contribution in [2.45, 2.75) is 34.2 Å². The van der Waals surface area contributed by atoms with Gasteiger partial charge in [-0.15, -0.1) is 0 Å². The van der Waals surface area contributed by atoms with E-state index < -0.39 is 0 Å². The lowest BCUT2D eigenvalue weighted by molar-refractivity contribution is -0.110. The highest BCUT2D eigenvalue weighted by Gasteiger charge is 2.30. The Hall–Kier alpha value is -3.77. The number of carbonyl (C=O) groups is 1. The average Bonchev–Trinajstić information content (AvgIpc) is 3.18. The van der Waals surface area contributed by atoms with Gasteiger partial charge < -0.3 is 25.4 Å². The van der Waals surface area contributed by atoms with Gasteiger partial charge in [0.25, 0.3) is 5.91 Å². The van der Waals surface area contributed by atoms with Crippen molar-refractivity contribution in [3.63, 3.8) is 0 Å². The summed E-state index contributed by atoms with van der Waals surface area (Å²) >= 11 is 0. The molecule has 4 rings (SSSR count). The Balaban J connectivity index is 1.73. The van der Waals surface area contributed by atoms with E-state index >= 15 is 0 Å². The number of rotatable bonds is 11. The third-order valence-electron chi connectivity index (χ3n) is 5.85. The zero-order valence-electron chi connectivity index (χ0n) is 21.5. The molecule has 6 nitrogen and oxygen atoms in total. The van der Waals surface area contributed by atoms with Gasteiger partial charge >= 0.3 is 0 Å². The van der Waals surface area contributed by atoms with E-state index in [1.807, 2.05) is 68.4 Å². The second kappa shape index (κ2) is 11.8. The Morgan fingerprint density at radius 3 is 2.22 bits per heavy atom. The Labute approximate surface area is 213 Å². The van der Waals surface area contributed by atoms with Crippen LogP contribution in [-0.2, 0) is 11.3 Å². The smallest absolute Gasteiger partial charge is 0.258 e. The molecule has 1 amide bonds. The molecule has 0 fully saturated rings. The van der Waals surface area contributed by atoms with Gasteiger partial charge in [-0.25, -0.2) is 0 Å². The van der Waals surface area contributed by atoms with E-state index in [1.54, 1.807) is 0 Å². The number of hydrogen-bond donors (Lipinski definition) is 3. The quantitative estimate of drug-likeness (QED) is 0.284. The fraction of sp³-hybridized carbons (Fsp3) is 0.300. The molecule has 0 saturated carbocycles. The maximum Gasteiger partial charge on any atom is 0.258 e. The van der Waals surface area contributed by atoms with Gasteiger partial charge in [-0.3, -0.25) is 4.79 Å². The molecule has 0 unspecified atom stereocenters. The highest BCUT2D eigenvalue weighted by atomic mass is 16.5. The standard InChI is InChI=1S/C30H35N3O3/c1-5-35-26-16-24-25(17-27(26)36-6-2)33-30(34)28(24)29(22-10-8-7-9-11-22)32-23-14-12-21(13-15-23)19-31-18-20(3)4/h7-17,20,31-32H,5-6,18-19H2,1-4H3,(H,33,34). The van der Waals surface area contributed by atoms with Crippen LogP contribution in [0.3, 0.4) is 0 Å². The van der Waals surface area contributed by atoms with Crippen LogP contribution in [0.1, 0.15) is 44.4 Å². The molecule has 3 N–H and O–H groups in total. The molecule has 188 valence electrons. The van der Waals surface area contributed by atoms with Crippen molar-refractivity contribution in [3.05, 3.63) is 83.4 Å². The fourth-order valence-corrected chi connectivity index (χ4v) is 4.20. The van der Waals surface area contributed by atoms with E-state index in [9.17, 15) is 4.79 Å². The second-order valence-electron chi connectivity index (χ2n) is 9.13. The van der Waals surface area contributed by atoms with Gasteiger partial charge in [-0.05, 0) is 55.6 Å². The predicted molar refractivity (Wildman–Crippen MR) is 147 cm³/mol. The summed E-state index contributed by atoms with van der Waals surface area (Å²) in [6, 6.07) is 22.0. The van der Waals surface area contributed by atoms with E-state index in [0.29, 0.717) is 41.9 Å². The first-order chi connectivity index (χ1) is 17.5. The van der Waals surface area contributed by atoms with Crippen LogP contribution in [0, 0.1) is 5.92 Å². The second-order valence-corrected chi connectivity index (χ2v) is 9.13. The number of fused-ring (bicyclic) bond motifs is 1. The van der Waals surface area contributed by atoms with Crippen LogP contribution in [0.5, 0.6) is 11.5 Å². The summed E-state index contributed by atoms with van der Waals surface area (Å²) in [5.74, 6) is 1.69. The third-order valence-corrected chi connectivity index (χ3v) is 5.85. The Morgan fingerprint density at radius 2 is 1.58 bits per heavy atom. The molecule has 0 radical (unpaired) electrons. The largest absolute Gasteiger partial charge is 0.490 e. The topological polar surface area (TPSA) is 71.6 Å².